The molecule has 1 rings (SSSR count). The van der Waals surface area contributed by atoms with Crippen molar-refractivity contribution in [1.29, 1.82) is 0 Å². The molecule has 1 heterocycles. The van der Waals surface area contributed by atoms with Crippen LogP contribution in [0.15, 0.2) is 16.7 Å². The van der Waals surface area contributed by atoms with E-state index in [0.717, 1.165) is 0 Å². The molecule has 12 heavy (non-hydrogen) atoms. The highest BCUT2D eigenvalue weighted by molar-refractivity contribution is 6.72. The van der Waals surface area contributed by atoms with Gasteiger partial charge < -0.3 is 22.5 Å². The van der Waals surface area contributed by atoms with Gasteiger partial charge in [0, 0.05) is 5.66 Å². The smallest absolute Gasteiger partial charge is 0.500 e. The first-order valence-electron chi connectivity index (χ1n) is 2.93. The van der Waals surface area contributed by atoms with E-state index in [0.29, 0.717) is 12.3 Å². The predicted octanol–water partition coefficient (Wildman–Crippen LogP) is 1.03. The summed E-state index contributed by atoms with van der Waals surface area (Å²) in [6.07, 6.45) is 0.562. The van der Waals surface area contributed by atoms with Crippen LogP contribution in [0.3, 0.4) is 0 Å². The lowest BCUT2D eigenvalue weighted by Crippen LogP contribution is -2.32. The lowest BCUT2D eigenvalue weighted by Gasteiger charge is -2.08. The third-order valence-corrected chi connectivity index (χ3v) is 1.19. The zero-order chi connectivity index (χ0) is 9.35. The van der Waals surface area contributed by atoms with E-state index < -0.39 is 24.2 Å². The monoisotopic (exact) mass is 179 g/mol. The Morgan fingerprint density at radius 1 is 1.50 bits per heavy atom. The summed E-state index contributed by atoms with van der Waals surface area (Å²) in [5, 5.41) is 8.24. The summed E-state index contributed by atoms with van der Waals surface area (Å²) in [5.41, 5.74) is -1.74. The lowest BCUT2D eigenvalue weighted by atomic mass is 9.87. The minimum absolute atomic E-state index is 0.461. The molecular weight excluding hydrogens is 176 g/mol. The number of aromatic carboxylic acids is 1. The maximum Gasteiger partial charge on any atom is 0.544 e. The largest absolute Gasteiger partial charge is 0.544 e. The first-order chi connectivity index (χ1) is 5.41. The molecule has 1 aromatic heterocycles. The fourth-order valence-corrected chi connectivity index (χ4v) is 0.637. The van der Waals surface area contributed by atoms with Crippen molar-refractivity contribution >= 4 is 18.6 Å². The van der Waals surface area contributed by atoms with Crippen molar-refractivity contribution in [3.05, 3.63) is 17.9 Å². The molecule has 0 radical (unpaired) electrons. The molecule has 0 atom stereocenters. The van der Waals surface area contributed by atoms with Gasteiger partial charge in [-0.05, 0) is 6.07 Å². The Morgan fingerprint density at radius 3 is 2.33 bits per heavy atom. The summed E-state index contributed by atoms with van der Waals surface area (Å²) in [6, 6.07) is 0.461. The summed E-state index contributed by atoms with van der Waals surface area (Å²) >= 11 is 0. The summed E-state index contributed by atoms with van der Waals surface area (Å²) < 4.78 is 39.5. The zero-order valence-corrected chi connectivity index (χ0v) is 5.63. The summed E-state index contributed by atoms with van der Waals surface area (Å²) in [6.45, 7) is -5.24. The third kappa shape index (κ3) is 1.61. The zero-order valence-electron chi connectivity index (χ0n) is 5.63. The normalized spacial score (nSPS) is 11.6. The second-order valence-corrected chi connectivity index (χ2v) is 2.12. The van der Waals surface area contributed by atoms with Gasteiger partial charge in [0.15, 0.2) is 0 Å². The number of carboxylic acids is 1. The number of hydrogen-bond acceptors (Lipinski definition) is 2. The van der Waals surface area contributed by atoms with E-state index in [1.54, 1.807) is 0 Å². The van der Waals surface area contributed by atoms with Crippen molar-refractivity contribution < 1.29 is 27.3 Å². The van der Waals surface area contributed by atoms with Gasteiger partial charge in [-0.25, -0.2) is 4.79 Å². The van der Waals surface area contributed by atoms with Crippen molar-refractivity contribution in [3.8, 4) is 0 Å². The fourth-order valence-electron chi connectivity index (χ4n) is 0.637. The number of furan rings is 1. The van der Waals surface area contributed by atoms with Gasteiger partial charge in [-0.1, -0.05) is 0 Å². The number of rotatable bonds is 2. The van der Waals surface area contributed by atoms with E-state index in [2.05, 4.69) is 4.42 Å². The van der Waals surface area contributed by atoms with Gasteiger partial charge in [-0.3, -0.25) is 0 Å². The maximum absolute atomic E-state index is 11.8. The maximum atomic E-state index is 11.8. The Bertz CT molecular complexity index is 303. The molecule has 0 saturated carbocycles. The van der Waals surface area contributed by atoms with Crippen LogP contribution in [0.5, 0.6) is 0 Å². The molecule has 0 fully saturated rings. The summed E-state index contributed by atoms with van der Waals surface area (Å²) in [7, 11) is 0. The molecule has 0 aliphatic carbocycles. The summed E-state index contributed by atoms with van der Waals surface area (Å²) in [5.74, 6) is -1.44. The molecular formula is C5H3BF3O3-. The topological polar surface area (TPSA) is 50.4 Å². The van der Waals surface area contributed by atoms with Crippen LogP contribution in [-0.4, -0.2) is 18.1 Å². The van der Waals surface area contributed by atoms with Crippen LogP contribution in [0.4, 0.5) is 12.9 Å². The number of halogens is 3. The second-order valence-electron chi connectivity index (χ2n) is 2.12. The van der Waals surface area contributed by atoms with Crippen molar-refractivity contribution in [2.24, 2.45) is 0 Å². The molecule has 0 spiro atoms. The minimum Gasteiger partial charge on any atom is -0.500 e. The van der Waals surface area contributed by atoms with E-state index in [1.165, 1.54) is 0 Å². The number of carboxylic acid groups (broad SMARTS) is 1. The van der Waals surface area contributed by atoms with Crippen LogP contribution in [0, 0.1) is 0 Å². The van der Waals surface area contributed by atoms with E-state index >= 15 is 0 Å². The highest BCUT2D eigenvalue weighted by Crippen LogP contribution is 2.11. The molecule has 0 aromatic carbocycles. The highest BCUT2D eigenvalue weighted by Gasteiger charge is 2.30. The van der Waals surface area contributed by atoms with Crippen LogP contribution in [0.25, 0.3) is 0 Å². The van der Waals surface area contributed by atoms with Gasteiger partial charge in [0.05, 0.1) is 5.56 Å². The van der Waals surface area contributed by atoms with Gasteiger partial charge in [-0.2, -0.15) is 0 Å². The molecule has 0 aliphatic heterocycles. The van der Waals surface area contributed by atoms with Crippen LogP contribution < -0.4 is 5.66 Å². The average molecular weight is 179 g/mol. The van der Waals surface area contributed by atoms with Crippen LogP contribution in [0.1, 0.15) is 10.4 Å². The SMILES string of the molecule is O=C(O)c1coc([B-](F)(F)F)c1. The van der Waals surface area contributed by atoms with Crippen LogP contribution in [0.2, 0.25) is 0 Å². The molecule has 0 unspecified atom stereocenters. The average Bonchev–Trinajstić information content (AvgIpc) is 2.30. The number of hydrogen-bond donors (Lipinski definition) is 1. The first-order valence-corrected chi connectivity index (χ1v) is 2.93. The van der Waals surface area contributed by atoms with Crippen molar-refractivity contribution in [2.75, 3.05) is 0 Å². The van der Waals surface area contributed by atoms with Crippen LogP contribution >= 0.6 is 0 Å². The lowest BCUT2D eigenvalue weighted by molar-refractivity contribution is 0.0696. The van der Waals surface area contributed by atoms with E-state index in [9.17, 15) is 17.7 Å². The quantitative estimate of drug-likeness (QED) is 0.689. The van der Waals surface area contributed by atoms with Gasteiger partial charge in [0.25, 0.3) is 0 Å². The van der Waals surface area contributed by atoms with Gasteiger partial charge in [0.2, 0.25) is 0 Å². The Morgan fingerprint density at radius 2 is 2.08 bits per heavy atom. The number of carbonyl (C=O) groups is 1. The molecule has 0 saturated heterocycles. The van der Waals surface area contributed by atoms with Gasteiger partial charge in [-0.15, -0.1) is 0 Å². The molecule has 1 N–H and O–H groups in total. The highest BCUT2D eigenvalue weighted by atomic mass is 19.4. The standard InChI is InChI=1S/C5H3BF3O3/c7-6(8,9)4-1-3(2-12-4)5(10)11/h1-2H,(H,10,11)/q-1. The Kier molecular flexibility index (Phi) is 1.87. The molecule has 7 heteroatoms. The van der Waals surface area contributed by atoms with Crippen molar-refractivity contribution in [2.45, 2.75) is 0 Å². The minimum atomic E-state index is -5.24. The molecule has 66 valence electrons. The summed E-state index contributed by atoms with van der Waals surface area (Å²) in [4.78, 5) is 10.1. The van der Waals surface area contributed by atoms with E-state index in [1.807, 2.05) is 0 Å². The second kappa shape index (κ2) is 2.58. The molecule has 0 bridgehead atoms. The van der Waals surface area contributed by atoms with E-state index in [4.69, 9.17) is 5.11 Å². The third-order valence-electron chi connectivity index (χ3n) is 1.19. The van der Waals surface area contributed by atoms with Crippen LogP contribution in [-0.2, 0) is 0 Å². The molecule has 3 nitrogen and oxygen atoms in total. The molecule has 0 aliphatic rings. The van der Waals surface area contributed by atoms with Crippen molar-refractivity contribution in [3.63, 3.8) is 0 Å². The van der Waals surface area contributed by atoms with Crippen molar-refractivity contribution in [1.82, 2.24) is 0 Å². The Hall–Kier alpha value is -1.40. The molecule has 1 aromatic rings. The predicted molar refractivity (Wildman–Crippen MR) is 34.4 cm³/mol. The van der Waals surface area contributed by atoms with Gasteiger partial charge in [0.1, 0.15) is 6.26 Å². The first kappa shape index (κ1) is 8.70. The molecule has 0 amide bonds. The fraction of sp³-hybridized carbons (Fsp3) is 0. The van der Waals surface area contributed by atoms with E-state index in [-0.39, 0.29) is 0 Å². The van der Waals surface area contributed by atoms with Gasteiger partial charge >= 0.3 is 12.9 Å². The Balaban J connectivity index is 3.00. The Labute approximate surface area is 64.8 Å².